The van der Waals surface area contributed by atoms with Gasteiger partial charge in [-0.05, 0) is 76.0 Å². The summed E-state index contributed by atoms with van der Waals surface area (Å²) >= 11 is 3.37. The van der Waals surface area contributed by atoms with Crippen molar-refractivity contribution in [3.8, 4) is 22.5 Å². The number of nitrogens with one attached hydrogen (secondary N) is 2. The summed E-state index contributed by atoms with van der Waals surface area (Å²) in [6.07, 6.45) is 0. The maximum Gasteiger partial charge on any atom is 0.256 e. The van der Waals surface area contributed by atoms with Gasteiger partial charge in [0, 0.05) is 26.6 Å². The molecule has 2 aliphatic heterocycles. The van der Waals surface area contributed by atoms with E-state index in [0.717, 1.165) is 32.2 Å². The predicted molar refractivity (Wildman–Crippen MR) is 178 cm³/mol. The van der Waals surface area contributed by atoms with Crippen LogP contribution in [0.2, 0.25) is 0 Å². The number of carbonyl (C=O) groups excluding carboxylic acids is 1. The fourth-order valence-electron chi connectivity index (χ4n) is 5.01. The molecule has 8 nitrogen and oxygen atoms in total. The van der Waals surface area contributed by atoms with Gasteiger partial charge in [-0.3, -0.25) is 14.4 Å². The maximum absolute atomic E-state index is 13.2. The molecule has 4 aromatic carbocycles. The molecule has 238 valence electrons. The number of fused-ring (bicyclic) bond motifs is 2. The molecule has 2 aliphatic rings. The third kappa shape index (κ3) is 7.28. The van der Waals surface area contributed by atoms with Gasteiger partial charge in [0.05, 0.1) is 13.2 Å². The number of H-pyrrole nitrogens is 2. The summed E-state index contributed by atoms with van der Waals surface area (Å²) < 4.78 is 36.9. The first-order valence-corrected chi connectivity index (χ1v) is 15.3. The number of benzene rings is 4. The van der Waals surface area contributed by atoms with Gasteiger partial charge in [0.15, 0.2) is 5.78 Å². The lowest BCUT2D eigenvalue weighted by Crippen LogP contribution is -2.46. The number of pyridine rings is 2. The minimum atomic E-state index is -0.910. The van der Waals surface area contributed by atoms with E-state index in [9.17, 15) is 28.3 Å². The minimum Gasteiger partial charge on any atom is -0.380 e. The Balaban J connectivity index is 0.000000145. The fourth-order valence-corrected chi connectivity index (χ4v) is 5.28. The Kier molecular flexibility index (Phi) is 9.24. The van der Waals surface area contributed by atoms with E-state index in [-0.39, 0.29) is 16.9 Å². The molecule has 0 amide bonds. The second kappa shape index (κ2) is 13.5. The monoisotopic (exact) mass is 700 g/mol. The maximum atomic E-state index is 13.2. The van der Waals surface area contributed by atoms with Crippen LogP contribution in [0.15, 0.2) is 111 Å². The molecule has 47 heavy (non-hydrogen) atoms. The molecule has 11 heteroatoms. The van der Waals surface area contributed by atoms with E-state index in [1.54, 1.807) is 12.1 Å². The van der Waals surface area contributed by atoms with Crippen molar-refractivity contribution in [3.05, 3.63) is 139 Å². The van der Waals surface area contributed by atoms with Gasteiger partial charge in [-0.15, -0.1) is 0 Å². The molecule has 0 aliphatic carbocycles. The molecule has 0 bridgehead atoms. The Bertz CT molecular complexity index is 2210. The van der Waals surface area contributed by atoms with Crippen LogP contribution in [0.25, 0.3) is 44.1 Å². The van der Waals surface area contributed by atoms with Crippen LogP contribution < -0.4 is 11.1 Å². The molecule has 0 spiro atoms. The summed E-state index contributed by atoms with van der Waals surface area (Å²) in [6, 6.07) is 27.0. The Morgan fingerprint density at radius 2 is 1.09 bits per heavy atom. The second-order valence-corrected chi connectivity index (χ2v) is 12.0. The van der Waals surface area contributed by atoms with Gasteiger partial charge in [0.1, 0.15) is 30.4 Å². The molecule has 0 saturated carbocycles. The van der Waals surface area contributed by atoms with Crippen molar-refractivity contribution >= 4 is 43.3 Å². The van der Waals surface area contributed by atoms with Crippen molar-refractivity contribution in [2.24, 2.45) is 0 Å². The summed E-state index contributed by atoms with van der Waals surface area (Å²) in [6.45, 7) is 1.29. The molecule has 6 aromatic rings. The smallest absolute Gasteiger partial charge is 0.256 e. The summed E-state index contributed by atoms with van der Waals surface area (Å²) in [4.78, 5) is 39.4. The average molecular weight is 702 g/mol. The standard InChI is InChI=1S/C18H14FNO3.C15H9BrFNO.C3H4O2/c19-14-6-3-12-7-16(20-17(21)15(12)8-14)11-1-4-13(5-2-11)18(22)9-23-10-18;16-11-4-1-9(2-5-11)14-7-10-3-6-12(17)8-13(10)15(19)18-14;4-3-1-5-2-3/h1-8,22H,9-10H2,(H,20,21);1-8H,(H,18,19);1-2H2. The summed E-state index contributed by atoms with van der Waals surface area (Å²) in [5, 5.41) is 12.3. The van der Waals surface area contributed by atoms with Gasteiger partial charge in [-0.1, -0.05) is 64.5 Å². The van der Waals surface area contributed by atoms with E-state index in [1.165, 1.54) is 24.3 Å². The Labute approximate surface area is 274 Å². The topological polar surface area (TPSA) is 121 Å². The quantitative estimate of drug-likeness (QED) is 0.201. The lowest BCUT2D eigenvalue weighted by atomic mass is 9.91. The lowest BCUT2D eigenvalue weighted by molar-refractivity contribution is -0.184. The van der Waals surface area contributed by atoms with Crippen LogP contribution >= 0.6 is 15.9 Å². The van der Waals surface area contributed by atoms with Crippen LogP contribution in [0.5, 0.6) is 0 Å². The number of Topliss-reactive ketones (excluding diaryl/α,β-unsaturated/α-hetero) is 1. The van der Waals surface area contributed by atoms with E-state index in [0.29, 0.717) is 48.3 Å². The number of aromatic nitrogens is 2. The highest BCUT2D eigenvalue weighted by Gasteiger charge is 2.37. The van der Waals surface area contributed by atoms with Crippen molar-refractivity contribution in [3.63, 3.8) is 0 Å². The molecule has 0 atom stereocenters. The number of aromatic amines is 2. The molecule has 3 N–H and O–H groups in total. The number of aliphatic hydroxyl groups is 1. The number of rotatable bonds is 3. The molecule has 4 heterocycles. The van der Waals surface area contributed by atoms with Crippen molar-refractivity contribution in [1.29, 1.82) is 0 Å². The van der Waals surface area contributed by atoms with E-state index in [2.05, 4.69) is 30.6 Å². The fraction of sp³-hybridized carbons (Fsp3) is 0.139. The SMILES string of the molecule is O=C1COC1.O=c1[nH]c(-c2ccc(Br)cc2)cc2ccc(F)cc12.O=c1[nH]c(-c2ccc(C3(O)COC3)cc2)cc2ccc(F)cc12. The van der Waals surface area contributed by atoms with Crippen LogP contribution in [0, 0.1) is 11.6 Å². The van der Waals surface area contributed by atoms with E-state index >= 15 is 0 Å². The van der Waals surface area contributed by atoms with Crippen molar-refractivity contribution in [2.75, 3.05) is 26.4 Å². The molecule has 0 radical (unpaired) electrons. The van der Waals surface area contributed by atoms with Crippen molar-refractivity contribution < 1.29 is 28.2 Å². The molecular weight excluding hydrogens is 674 g/mol. The minimum absolute atomic E-state index is 0.213. The highest BCUT2D eigenvalue weighted by atomic mass is 79.9. The van der Waals surface area contributed by atoms with Crippen molar-refractivity contribution in [1.82, 2.24) is 9.97 Å². The van der Waals surface area contributed by atoms with Crippen LogP contribution in [-0.2, 0) is 19.9 Å². The highest BCUT2D eigenvalue weighted by Crippen LogP contribution is 2.31. The van der Waals surface area contributed by atoms with Gasteiger partial charge < -0.3 is 24.5 Å². The Morgan fingerprint density at radius 1 is 0.638 bits per heavy atom. The van der Waals surface area contributed by atoms with Crippen LogP contribution in [-0.4, -0.2) is 47.3 Å². The number of hydrogen-bond donors (Lipinski definition) is 3. The zero-order valence-corrected chi connectivity index (χ0v) is 26.3. The molecule has 2 fully saturated rings. The van der Waals surface area contributed by atoms with Gasteiger partial charge >= 0.3 is 0 Å². The first-order chi connectivity index (χ1) is 22.6. The zero-order valence-electron chi connectivity index (χ0n) is 24.7. The number of halogens is 3. The van der Waals surface area contributed by atoms with Gasteiger partial charge in [-0.2, -0.15) is 0 Å². The Hall–Kier alpha value is -4.81. The molecule has 8 rings (SSSR count). The third-order valence-electron chi connectivity index (χ3n) is 7.71. The number of carbonyl (C=O) groups is 1. The first kappa shape index (κ1) is 32.1. The first-order valence-electron chi connectivity index (χ1n) is 14.5. The summed E-state index contributed by atoms with van der Waals surface area (Å²) in [5.74, 6) is -0.629. The largest absolute Gasteiger partial charge is 0.380 e. The zero-order chi connectivity index (χ0) is 33.1. The van der Waals surface area contributed by atoms with Crippen LogP contribution in [0.4, 0.5) is 8.78 Å². The van der Waals surface area contributed by atoms with E-state index in [4.69, 9.17) is 4.74 Å². The van der Waals surface area contributed by atoms with E-state index < -0.39 is 17.2 Å². The second-order valence-electron chi connectivity index (χ2n) is 11.1. The normalized spacial score (nSPS) is 14.7. The number of ketones is 1. The van der Waals surface area contributed by atoms with Gasteiger partial charge in [-0.25, -0.2) is 8.78 Å². The van der Waals surface area contributed by atoms with Crippen LogP contribution in [0.3, 0.4) is 0 Å². The van der Waals surface area contributed by atoms with Gasteiger partial charge in [0.2, 0.25) is 0 Å². The summed E-state index contributed by atoms with van der Waals surface area (Å²) in [7, 11) is 0. The van der Waals surface area contributed by atoms with Gasteiger partial charge in [0.25, 0.3) is 11.1 Å². The van der Waals surface area contributed by atoms with Crippen LogP contribution in [0.1, 0.15) is 5.56 Å². The molecular formula is C36H27BrF2N2O6. The Morgan fingerprint density at radius 3 is 1.47 bits per heavy atom. The number of ether oxygens (including phenoxy) is 2. The molecule has 2 saturated heterocycles. The average Bonchev–Trinajstić information content (AvgIpc) is 3.04. The predicted octanol–water partition coefficient (Wildman–Crippen LogP) is 6.23. The lowest BCUT2D eigenvalue weighted by Gasteiger charge is -2.36. The van der Waals surface area contributed by atoms with E-state index in [1.807, 2.05) is 60.7 Å². The summed E-state index contributed by atoms with van der Waals surface area (Å²) in [5.41, 5.74) is 2.37. The molecule has 0 unspecified atom stereocenters. The molecule has 2 aromatic heterocycles. The van der Waals surface area contributed by atoms with Crippen molar-refractivity contribution in [2.45, 2.75) is 5.60 Å². The number of hydrogen-bond acceptors (Lipinski definition) is 6. The third-order valence-corrected chi connectivity index (χ3v) is 8.24. The highest BCUT2D eigenvalue weighted by molar-refractivity contribution is 9.10.